The lowest BCUT2D eigenvalue weighted by Crippen LogP contribution is -2.59. The van der Waals surface area contributed by atoms with Gasteiger partial charge in [-0.2, -0.15) is 0 Å². The third kappa shape index (κ3) is 6.19. The van der Waals surface area contributed by atoms with Crippen LogP contribution in [0.15, 0.2) is 54.6 Å². The molecule has 1 aromatic rings. The van der Waals surface area contributed by atoms with E-state index in [1.165, 1.54) is 4.90 Å². The van der Waals surface area contributed by atoms with Gasteiger partial charge < -0.3 is 29.7 Å². The van der Waals surface area contributed by atoms with Gasteiger partial charge in [0.1, 0.15) is 23.7 Å². The van der Waals surface area contributed by atoms with Gasteiger partial charge in [-0.3, -0.25) is 19.2 Å². The molecule has 45 heavy (non-hydrogen) atoms. The van der Waals surface area contributed by atoms with Gasteiger partial charge in [0.05, 0.1) is 30.7 Å². The first-order valence-electron chi connectivity index (χ1n) is 16.4. The Labute approximate surface area is 265 Å². The zero-order valence-corrected chi connectivity index (χ0v) is 26.8. The molecule has 1 spiro atoms. The van der Waals surface area contributed by atoms with E-state index in [1.54, 1.807) is 24.0 Å². The molecule has 1 aromatic carbocycles. The number of ether oxygens (including phenoxy) is 2. The molecule has 0 unspecified atom stereocenters. The number of aliphatic hydroxyl groups is 1. The molecule has 2 fully saturated rings. The number of carbonyl (C=O) groups is 4. The number of allylic oxidation sites excluding steroid dienone is 1. The molecule has 0 saturated carbocycles. The highest BCUT2D eigenvalue weighted by atomic mass is 16.6. The summed E-state index contributed by atoms with van der Waals surface area (Å²) in [5.74, 6) is -3.61. The van der Waals surface area contributed by atoms with E-state index >= 15 is 0 Å². The monoisotopic (exact) mass is 621 g/mol. The molecule has 3 amide bonds. The number of amides is 3. The van der Waals surface area contributed by atoms with Crippen molar-refractivity contribution in [1.29, 1.82) is 0 Å². The topological polar surface area (TPSA) is 125 Å². The van der Waals surface area contributed by atoms with Crippen LogP contribution in [0.25, 0.3) is 0 Å². The van der Waals surface area contributed by atoms with Gasteiger partial charge in [0.25, 0.3) is 0 Å². The number of cyclic esters (lactones) is 1. The Hall–Kier alpha value is -3.50. The van der Waals surface area contributed by atoms with Crippen molar-refractivity contribution in [2.45, 2.75) is 95.7 Å². The Kier molecular flexibility index (Phi) is 10.1. The smallest absolute Gasteiger partial charge is 0.313 e. The van der Waals surface area contributed by atoms with Crippen LogP contribution in [0.2, 0.25) is 0 Å². The Morgan fingerprint density at radius 1 is 1.07 bits per heavy atom. The van der Waals surface area contributed by atoms with Crippen LogP contribution in [0.1, 0.15) is 71.5 Å². The van der Waals surface area contributed by atoms with E-state index in [1.807, 2.05) is 56.3 Å². The number of likely N-dealkylation sites (tertiary alicyclic amines) is 1. The molecular weight excluding hydrogens is 574 g/mol. The van der Waals surface area contributed by atoms with E-state index in [2.05, 4.69) is 12.2 Å². The minimum Gasteiger partial charge on any atom is -0.455 e. The molecular formula is C35H47N3O7. The molecule has 0 aliphatic carbocycles. The fourth-order valence-electron chi connectivity index (χ4n) is 7.39. The molecule has 5 bridgehead atoms. The summed E-state index contributed by atoms with van der Waals surface area (Å²) < 4.78 is 12.7. The van der Waals surface area contributed by atoms with Gasteiger partial charge in [-0.1, -0.05) is 88.2 Å². The molecule has 10 nitrogen and oxygen atoms in total. The lowest BCUT2D eigenvalue weighted by molar-refractivity contribution is -0.162. The number of nitrogens with zero attached hydrogens (tertiary/aromatic N) is 2. The summed E-state index contributed by atoms with van der Waals surface area (Å²) in [7, 11) is 0. The lowest BCUT2D eigenvalue weighted by Gasteiger charge is -2.40. The molecule has 4 heterocycles. The summed E-state index contributed by atoms with van der Waals surface area (Å²) in [6.07, 6.45) is 9.20. The highest BCUT2D eigenvalue weighted by Gasteiger charge is 2.74. The van der Waals surface area contributed by atoms with Crippen molar-refractivity contribution in [2.75, 3.05) is 19.7 Å². The minimum absolute atomic E-state index is 0.158. The van der Waals surface area contributed by atoms with Crippen LogP contribution in [0.3, 0.4) is 0 Å². The number of hydrogen-bond donors (Lipinski definition) is 2. The Balaban J connectivity index is 1.59. The minimum atomic E-state index is -1.37. The molecule has 0 radical (unpaired) electrons. The Morgan fingerprint density at radius 2 is 1.82 bits per heavy atom. The molecule has 2 N–H and O–H groups in total. The fourth-order valence-corrected chi connectivity index (χ4v) is 7.39. The number of aliphatic hydroxyl groups excluding tert-OH is 1. The van der Waals surface area contributed by atoms with E-state index in [-0.39, 0.29) is 30.8 Å². The average molecular weight is 622 g/mol. The number of esters is 1. The van der Waals surface area contributed by atoms with E-state index in [0.717, 1.165) is 19.3 Å². The second-order valence-corrected chi connectivity index (χ2v) is 13.1. The van der Waals surface area contributed by atoms with Gasteiger partial charge in [-0.15, -0.1) is 0 Å². The Bertz CT molecular complexity index is 1310. The predicted octanol–water partition coefficient (Wildman–Crippen LogP) is 3.31. The van der Waals surface area contributed by atoms with E-state index < -0.39 is 59.6 Å². The van der Waals surface area contributed by atoms with Gasteiger partial charge in [-0.05, 0) is 31.2 Å². The van der Waals surface area contributed by atoms with Crippen LogP contribution in [-0.4, -0.2) is 88.1 Å². The zero-order valence-electron chi connectivity index (χ0n) is 26.8. The number of benzene rings is 1. The molecule has 244 valence electrons. The number of unbranched alkanes of at least 4 members (excludes halogenated alkanes) is 2. The quantitative estimate of drug-likeness (QED) is 0.259. The van der Waals surface area contributed by atoms with Crippen molar-refractivity contribution in [3.05, 3.63) is 60.2 Å². The number of nitrogens with one attached hydrogen (secondary N) is 1. The van der Waals surface area contributed by atoms with Crippen LogP contribution >= 0.6 is 0 Å². The van der Waals surface area contributed by atoms with Gasteiger partial charge in [0.15, 0.2) is 0 Å². The summed E-state index contributed by atoms with van der Waals surface area (Å²) in [6, 6.07) is 6.96. The number of fused-ring (bicyclic) bond motifs is 2. The molecule has 8 atom stereocenters. The van der Waals surface area contributed by atoms with Crippen LogP contribution in [-0.2, 0) is 28.7 Å². The van der Waals surface area contributed by atoms with E-state index in [9.17, 15) is 24.3 Å². The maximum Gasteiger partial charge on any atom is 0.313 e. The first kappa shape index (κ1) is 32.9. The van der Waals surface area contributed by atoms with Gasteiger partial charge in [0.2, 0.25) is 17.7 Å². The summed E-state index contributed by atoms with van der Waals surface area (Å²) in [5.41, 5.74) is -0.658. The van der Waals surface area contributed by atoms with Crippen molar-refractivity contribution in [3.8, 4) is 0 Å². The van der Waals surface area contributed by atoms with E-state index in [4.69, 9.17) is 9.47 Å². The molecule has 5 rings (SSSR count). The van der Waals surface area contributed by atoms with Crippen LogP contribution in [0.5, 0.6) is 0 Å². The predicted molar refractivity (Wildman–Crippen MR) is 167 cm³/mol. The lowest BCUT2D eigenvalue weighted by atomic mass is 9.74. The van der Waals surface area contributed by atoms with Crippen molar-refractivity contribution < 1.29 is 33.8 Å². The second kappa shape index (κ2) is 13.9. The first-order chi connectivity index (χ1) is 21.6. The third-order valence-corrected chi connectivity index (χ3v) is 9.72. The molecule has 2 saturated heterocycles. The molecule has 4 aliphatic rings. The normalized spacial score (nSPS) is 33.4. The van der Waals surface area contributed by atoms with Crippen molar-refractivity contribution >= 4 is 23.7 Å². The Morgan fingerprint density at radius 3 is 2.51 bits per heavy atom. The largest absolute Gasteiger partial charge is 0.455 e. The van der Waals surface area contributed by atoms with Gasteiger partial charge >= 0.3 is 5.97 Å². The summed E-state index contributed by atoms with van der Waals surface area (Å²) in [6.45, 7) is 8.16. The van der Waals surface area contributed by atoms with Crippen molar-refractivity contribution in [1.82, 2.24) is 15.1 Å². The van der Waals surface area contributed by atoms with Crippen molar-refractivity contribution in [2.24, 2.45) is 17.8 Å². The maximum absolute atomic E-state index is 14.7. The van der Waals surface area contributed by atoms with E-state index in [0.29, 0.717) is 25.1 Å². The number of hydrogen-bond acceptors (Lipinski definition) is 7. The summed E-state index contributed by atoms with van der Waals surface area (Å²) >= 11 is 0. The first-order valence-corrected chi connectivity index (χ1v) is 16.4. The zero-order chi connectivity index (χ0) is 32.3. The number of carbonyl (C=O) groups excluding carboxylic acids is 4. The highest BCUT2D eigenvalue weighted by molar-refractivity contribution is 5.99. The van der Waals surface area contributed by atoms with Crippen molar-refractivity contribution in [3.63, 3.8) is 0 Å². The SMILES string of the molecule is CCCCCN1C/C=C\CCC(=O)N[C@@H](C)[C@H](c2ccccc2)OC(=O)[C@@H]2[C@H]3C(=O)N([C@@H](CO)C(C)C)[C@H](C1=O)[C@]31C=C[C@H]2O1. The van der Waals surface area contributed by atoms with Crippen LogP contribution < -0.4 is 5.32 Å². The summed E-state index contributed by atoms with van der Waals surface area (Å²) in [5, 5.41) is 13.5. The molecule has 10 heteroatoms. The number of rotatable bonds is 8. The molecule has 0 aromatic heterocycles. The van der Waals surface area contributed by atoms with Crippen LogP contribution in [0, 0.1) is 17.8 Å². The molecule has 4 aliphatic heterocycles. The standard InChI is InChI=1S/C35H47N3O7/c1-5-6-12-19-37-20-13-8-11-16-27(40)36-23(4)30(24-14-9-7-10-15-24)44-34(43)28-26-17-18-35(45-26)29(28)32(41)38(31(35)33(37)42)25(21-39)22(2)3/h7-10,13-15,17-18,22-23,25-26,28-31,39H,5-6,11-12,16,19-21H2,1-4H3,(H,36,40)/b13-8-/t23-,25-,26+,28-,29-,30+,31+,35-/m0/s1. The second-order valence-electron chi connectivity index (χ2n) is 13.1. The highest BCUT2D eigenvalue weighted by Crippen LogP contribution is 2.56. The maximum atomic E-state index is 14.7. The van der Waals surface area contributed by atoms with Gasteiger partial charge in [0, 0.05) is 19.5 Å². The average Bonchev–Trinajstić information content (AvgIpc) is 3.66. The van der Waals surface area contributed by atoms with Gasteiger partial charge in [-0.25, -0.2) is 0 Å². The fraction of sp³-hybridized carbons (Fsp3) is 0.600. The summed E-state index contributed by atoms with van der Waals surface area (Å²) in [4.78, 5) is 59.5. The third-order valence-electron chi connectivity index (χ3n) is 9.72. The van der Waals surface area contributed by atoms with Crippen LogP contribution in [0.4, 0.5) is 0 Å².